The molecule has 9 heteroatoms. The number of anilines is 1. The molecule has 2 aromatic carbocycles. The van der Waals surface area contributed by atoms with Gasteiger partial charge in [-0.2, -0.15) is 0 Å². The average Bonchev–Trinajstić information content (AvgIpc) is 2.94. The van der Waals surface area contributed by atoms with E-state index in [1.165, 1.54) is 18.2 Å². The minimum absolute atomic E-state index is 0.0698. The fourth-order valence-corrected chi connectivity index (χ4v) is 5.29. The van der Waals surface area contributed by atoms with Crippen molar-refractivity contribution in [2.24, 2.45) is 0 Å². The second kappa shape index (κ2) is 8.08. The summed E-state index contributed by atoms with van der Waals surface area (Å²) in [6.07, 6.45) is 4.90. The lowest BCUT2D eigenvalue weighted by Gasteiger charge is -2.31. The molecule has 1 spiro atoms. The highest BCUT2D eigenvalue weighted by Crippen LogP contribution is 2.46. The summed E-state index contributed by atoms with van der Waals surface area (Å²) in [7, 11) is -3.54. The van der Waals surface area contributed by atoms with Gasteiger partial charge in [0.25, 0.3) is 0 Å². The standard InChI is InChI=1S/C23H23ClFNO5S/c1-13-10-16(17-11-14(6-7-19(17)25)26-32(2,29)30)18(24)12-15(13)20-21(27)23(31-22(20)28)8-4-3-5-9-23/h6-7,10-12,26-27H,3-5,8-9H2,1-2H3. The molecule has 0 radical (unpaired) electrons. The molecular weight excluding hydrogens is 457 g/mol. The Morgan fingerprint density at radius 3 is 2.44 bits per heavy atom. The van der Waals surface area contributed by atoms with Crippen LogP contribution in [-0.4, -0.2) is 31.4 Å². The quantitative estimate of drug-likeness (QED) is 0.576. The Balaban J connectivity index is 1.79. The zero-order chi connectivity index (χ0) is 23.3. The molecule has 0 amide bonds. The number of halogens is 2. The van der Waals surface area contributed by atoms with E-state index in [9.17, 15) is 22.7 Å². The minimum atomic E-state index is -3.54. The number of rotatable bonds is 4. The van der Waals surface area contributed by atoms with Crippen LogP contribution in [0.5, 0.6) is 0 Å². The highest BCUT2D eigenvalue weighted by Gasteiger charge is 2.49. The van der Waals surface area contributed by atoms with Crippen molar-refractivity contribution >= 4 is 38.9 Å². The number of hydrogen-bond donors (Lipinski definition) is 2. The van der Waals surface area contributed by atoms with Crippen LogP contribution < -0.4 is 4.72 Å². The summed E-state index contributed by atoms with van der Waals surface area (Å²) in [5, 5.41) is 11.1. The molecule has 0 aromatic heterocycles. The Bertz CT molecular complexity index is 1250. The molecule has 1 fully saturated rings. The molecular formula is C23H23ClFNO5S. The molecule has 2 aromatic rings. The third-order valence-electron chi connectivity index (χ3n) is 5.96. The maximum atomic E-state index is 14.6. The van der Waals surface area contributed by atoms with Crippen LogP contribution in [0.3, 0.4) is 0 Å². The van der Waals surface area contributed by atoms with Gasteiger partial charge in [-0.05, 0) is 74.1 Å². The summed E-state index contributed by atoms with van der Waals surface area (Å²) in [6, 6.07) is 6.94. The molecule has 4 rings (SSSR count). The van der Waals surface area contributed by atoms with Gasteiger partial charge in [0.15, 0.2) is 11.4 Å². The Morgan fingerprint density at radius 2 is 1.78 bits per heavy atom. The van der Waals surface area contributed by atoms with Gasteiger partial charge in [0.1, 0.15) is 11.4 Å². The van der Waals surface area contributed by atoms with Gasteiger partial charge in [0.2, 0.25) is 10.0 Å². The summed E-state index contributed by atoms with van der Waals surface area (Å²) in [4.78, 5) is 12.7. The van der Waals surface area contributed by atoms with E-state index in [0.29, 0.717) is 29.5 Å². The first-order valence-corrected chi connectivity index (χ1v) is 12.5. The van der Waals surface area contributed by atoms with Crippen molar-refractivity contribution in [1.29, 1.82) is 0 Å². The van der Waals surface area contributed by atoms with Crippen molar-refractivity contribution in [1.82, 2.24) is 0 Å². The van der Waals surface area contributed by atoms with Gasteiger partial charge in [0, 0.05) is 21.8 Å². The van der Waals surface area contributed by atoms with Crippen LogP contribution in [0.1, 0.15) is 43.2 Å². The monoisotopic (exact) mass is 479 g/mol. The molecule has 1 heterocycles. The van der Waals surface area contributed by atoms with E-state index in [1.54, 1.807) is 13.0 Å². The number of carbonyl (C=O) groups is 1. The van der Waals surface area contributed by atoms with Gasteiger partial charge >= 0.3 is 5.97 Å². The van der Waals surface area contributed by atoms with Crippen LogP contribution in [-0.2, 0) is 19.6 Å². The molecule has 0 unspecified atom stereocenters. The van der Waals surface area contributed by atoms with Crippen LogP contribution >= 0.6 is 11.6 Å². The van der Waals surface area contributed by atoms with E-state index < -0.39 is 27.4 Å². The number of carbonyl (C=O) groups excluding carboxylic acids is 1. The summed E-state index contributed by atoms with van der Waals surface area (Å²) in [6.45, 7) is 1.73. The summed E-state index contributed by atoms with van der Waals surface area (Å²) in [5.41, 5.74) is 0.772. The van der Waals surface area contributed by atoms with Crippen molar-refractivity contribution in [2.75, 3.05) is 11.0 Å². The van der Waals surface area contributed by atoms with E-state index in [-0.39, 0.29) is 27.6 Å². The summed E-state index contributed by atoms with van der Waals surface area (Å²) >= 11 is 6.48. The van der Waals surface area contributed by atoms with E-state index in [1.807, 2.05) is 0 Å². The van der Waals surface area contributed by atoms with Crippen molar-refractivity contribution in [2.45, 2.75) is 44.6 Å². The fraction of sp³-hybridized carbons (Fsp3) is 0.348. The highest BCUT2D eigenvalue weighted by atomic mass is 35.5. The zero-order valence-corrected chi connectivity index (χ0v) is 19.2. The number of aliphatic hydroxyl groups excluding tert-OH is 1. The van der Waals surface area contributed by atoms with Gasteiger partial charge in [-0.1, -0.05) is 18.0 Å². The molecule has 2 aliphatic rings. The first-order chi connectivity index (χ1) is 15.0. The summed E-state index contributed by atoms with van der Waals surface area (Å²) < 4.78 is 45.6. The maximum Gasteiger partial charge on any atom is 0.343 e. The molecule has 32 heavy (non-hydrogen) atoms. The molecule has 1 aliphatic carbocycles. The largest absolute Gasteiger partial charge is 0.507 e. The van der Waals surface area contributed by atoms with Crippen LogP contribution in [0, 0.1) is 12.7 Å². The number of benzene rings is 2. The molecule has 1 aliphatic heterocycles. The van der Waals surface area contributed by atoms with Gasteiger partial charge in [-0.3, -0.25) is 4.72 Å². The molecule has 6 nitrogen and oxygen atoms in total. The van der Waals surface area contributed by atoms with E-state index >= 15 is 0 Å². The van der Waals surface area contributed by atoms with E-state index in [0.717, 1.165) is 31.6 Å². The van der Waals surface area contributed by atoms with Crippen molar-refractivity contribution < 1.29 is 27.4 Å². The zero-order valence-electron chi connectivity index (χ0n) is 17.7. The molecule has 0 atom stereocenters. The number of hydrogen-bond acceptors (Lipinski definition) is 5. The minimum Gasteiger partial charge on any atom is -0.507 e. The van der Waals surface area contributed by atoms with Crippen LogP contribution in [0.15, 0.2) is 36.1 Å². The molecule has 2 N–H and O–H groups in total. The van der Waals surface area contributed by atoms with Crippen LogP contribution in [0.25, 0.3) is 16.7 Å². The van der Waals surface area contributed by atoms with Crippen molar-refractivity contribution in [3.05, 3.63) is 58.1 Å². The Hall–Kier alpha value is -2.58. The Kier molecular flexibility index (Phi) is 5.71. The molecule has 170 valence electrons. The van der Waals surface area contributed by atoms with Crippen LogP contribution in [0.2, 0.25) is 5.02 Å². The van der Waals surface area contributed by atoms with Crippen LogP contribution in [0.4, 0.5) is 10.1 Å². The van der Waals surface area contributed by atoms with Gasteiger partial charge in [0.05, 0.1) is 6.26 Å². The topological polar surface area (TPSA) is 92.7 Å². The Labute approximate surface area is 191 Å². The number of esters is 1. The van der Waals surface area contributed by atoms with Gasteiger partial charge in [-0.25, -0.2) is 17.6 Å². The summed E-state index contributed by atoms with van der Waals surface area (Å²) in [5.74, 6) is -1.25. The second-order valence-corrected chi connectivity index (χ2v) is 10.5. The van der Waals surface area contributed by atoms with Gasteiger partial charge in [-0.15, -0.1) is 0 Å². The molecule has 0 bridgehead atoms. The Morgan fingerprint density at radius 1 is 1.09 bits per heavy atom. The number of ether oxygens (including phenoxy) is 1. The first-order valence-electron chi connectivity index (χ1n) is 10.3. The van der Waals surface area contributed by atoms with E-state index in [2.05, 4.69) is 4.72 Å². The van der Waals surface area contributed by atoms with Crippen molar-refractivity contribution in [3.8, 4) is 11.1 Å². The number of sulfonamides is 1. The smallest absolute Gasteiger partial charge is 0.343 e. The lowest BCUT2D eigenvalue weighted by Crippen LogP contribution is -2.34. The lowest BCUT2D eigenvalue weighted by molar-refractivity contribution is -0.149. The normalized spacial score (nSPS) is 18.2. The van der Waals surface area contributed by atoms with Gasteiger partial charge < -0.3 is 9.84 Å². The second-order valence-electron chi connectivity index (χ2n) is 8.38. The number of nitrogens with one attached hydrogen (secondary N) is 1. The SMILES string of the molecule is Cc1cc(-c2cc(NS(C)(=O)=O)ccc2F)c(Cl)cc1C1=C(O)C2(CCCCC2)OC1=O. The van der Waals surface area contributed by atoms with E-state index in [4.69, 9.17) is 16.3 Å². The fourth-order valence-electron chi connectivity index (χ4n) is 4.47. The predicted molar refractivity (Wildman–Crippen MR) is 122 cm³/mol. The predicted octanol–water partition coefficient (Wildman–Crippen LogP) is 5.35. The maximum absolute atomic E-state index is 14.6. The number of aliphatic hydroxyl groups is 1. The molecule has 0 saturated heterocycles. The van der Waals surface area contributed by atoms with Crippen molar-refractivity contribution in [3.63, 3.8) is 0 Å². The highest BCUT2D eigenvalue weighted by molar-refractivity contribution is 7.92. The third kappa shape index (κ3) is 4.09. The average molecular weight is 480 g/mol. The molecule has 1 saturated carbocycles. The number of aryl methyl sites for hydroxylation is 1. The third-order valence-corrected chi connectivity index (χ3v) is 6.88. The first kappa shape index (κ1) is 22.6. The lowest BCUT2D eigenvalue weighted by atomic mass is 9.82.